The summed E-state index contributed by atoms with van der Waals surface area (Å²) >= 11 is 1.19. The normalized spacial score (nSPS) is 13.5. The van der Waals surface area contributed by atoms with Crippen LogP contribution in [0.2, 0.25) is 0 Å². The Hall–Kier alpha value is -0.610. The molecule has 4 heteroatoms. The van der Waals surface area contributed by atoms with Crippen LogP contribution < -0.4 is 10.6 Å². The van der Waals surface area contributed by atoms with E-state index in [-0.39, 0.29) is 10.9 Å². The maximum absolute atomic E-state index is 10.7. The molecule has 0 bridgehead atoms. The summed E-state index contributed by atoms with van der Waals surface area (Å²) in [5, 5.41) is 0. The minimum atomic E-state index is -0.0380. The number of rotatable bonds is 1. The first-order valence-corrected chi connectivity index (χ1v) is 3.88. The molecular formula is C6H10N2OS. The van der Waals surface area contributed by atoms with Crippen molar-refractivity contribution in [3.8, 4) is 0 Å². The van der Waals surface area contributed by atoms with Crippen LogP contribution >= 0.6 is 11.3 Å². The Morgan fingerprint density at radius 2 is 2.30 bits per heavy atom. The highest BCUT2D eigenvalue weighted by Crippen LogP contribution is 2.14. The second-order valence-electron chi connectivity index (χ2n) is 2.29. The van der Waals surface area contributed by atoms with Gasteiger partial charge in [-0.05, 0) is 13.8 Å². The van der Waals surface area contributed by atoms with Crippen molar-refractivity contribution in [2.45, 2.75) is 19.9 Å². The van der Waals surface area contributed by atoms with Gasteiger partial charge in [-0.25, -0.2) is 0 Å². The number of aromatic amines is 1. The summed E-state index contributed by atoms with van der Waals surface area (Å²) in [5.41, 5.74) is 6.47. The van der Waals surface area contributed by atoms with Crippen molar-refractivity contribution in [3.63, 3.8) is 0 Å². The molecule has 10 heavy (non-hydrogen) atoms. The molecule has 0 radical (unpaired) electrons. The van der Waals surface area contributed by atoms with Crippen molar-refractivity contribution in [3.05, 3.63) is 20.2 Å². The maximum Gasteiger partial charge on any atom is 0.304 e. The quantitative estimate of drug-likeness (QED) is 0.634. The van der Waals surface area contributed by atoms with Crippen LogP contribution in [0.3, 0.4) is 0 Å². The van der Waals surface area contributed by atoms with E-state index in [0.29, 0.717) is 0 Å². The van der Waals surface area contributed by atoms with Crippen LogP contribution in [0.15, 0.2) is 4.79 Å². The van der Waals surface area contributed by atoms with Crippen molar-refractivity contribution < 1.29 is 0 Å². The number of hydrogen-bond donors (Lipinski definition) is 2. The van der Waals surface area contributed by atoms with E-state index >= 15 is 0 Å². The Balaban J connectivity index is 3.15. The van der Waals surface area contributed by atoms with Gasteiger partial charge in [0.1, 0.15) is 0 Å². The lowest BCUT2D eigenvalue weighted by atomic mass is 10.2. The van der Waals surface area contributed by atoms with Crippen molar-refractivity contribution in [2.75, 3.05) is 0 Å². The lowest BCUT2D eigenvalue weighted by Crippen LogP contribution is -2.03. The van der Waals surface area contributed by atoms with Crippen molar-refractivity contribution in [1.82, 2.24) is 4.98 Å². The van der Waals surface area contributed by atoms with E-state index in [9.17, 15) is 4.79 Å². The minimum Gasteiger partial charge on any atom is -0.323 e. The third-order valence-electron chi connectivity index (χ3n) is 1.28. The summed E-state index contributed by atoms with van der Waals surface area (Å²) < 4.78 is 0. The number of aromatic nitrogens is 1. The van der Waals surface area contributed by atoms with Gasteiger partial charge in [0.2, 0.25) is 0 Å². The second-order valence-corrected chi connectivity index (χ2v) is 3.31. The van der Waals surface area contributed by atoms with E-state index in [4.69, 9.17) is 5.73 Å². The van der Waals surface area contributed by atoms with Gasteiger partial charge in [-0.1, -0.05) is 11.3 Å². The van der Waals surface area contributed by atoms with E-state index in [1.807, 2.05) is 13.8 Å². The van der Waals surface area contributed by atoms with Crippen molar-refractivity contribution in [2.24, 2.45) is 5.73 Å². The second kappa shape index (κ2) is 2.56. The minimum absolute atomic E-state index is 0.0233. The van der Waals surface area contributed by atoms with Crippen LogP contribution in [0.5, 0.6) is 0 Å². The van der Waals surface area contributed by atoms with Crippen LogP contribution in [-0.2, 0) is 0 Å². The predicted molar refractivity (Wildman–Crippen MR) is 42.3 cm³/mol. The average Bonchev–Trinajstić information content (AvgIpc) is 2.10. The summed E-state index contributed by atoms with van der Waals surface area (Å²) in [4.78, 5) is 14.3. The Kier molecular flexibility index (Phi) is 1.92. The summed E-state index contributed by atoms with van der Waals surface area (Å²) in [6.45, 7) is 3.72. The standard InChI is InChI=1S/C6H10N2OS/c1-3(7)5-4(2)8-6(9)10-5/h3H,7H2,1-2H3,(H,8,9). The number of thiazole rings is 1. The van der Waals surface area contributed by atoms with Gasteiger partial charge in [-0.15, -0.1) is 0 Å². The number of H-pyrrole nitrogens is 1. The van der Waals surface area contributed by atoms with E-state index in [1.165, 1.54) is 11.3 Å². The van der Waals surface area contributed by atoms with Gasteiger partial charge < -0.3 is 10.7 Å². The van der Waals surface area contributed by atoms with Gasteiger partial charge in [-0.3, -0.25) is 4.79 Å². The van der Waals surface area contributed by atoms with Crippen molar-refractivity contribution in [1.29, 1.82) is 0 Å². The molecule has 0 aliphatic carbocycles. The average molecular weight is 158 g/mol. The fourth-order valence-corrected chi connectivity index (χ4v) is 1.64. The van der Waals surface area contributed by atoms with Crippen LogP contribution in [-0.4, -0.2) is 4.98 Å². The molecule has 0 fully saturated rings. The van der Waals surface area contributed by atoms with E-state index in [2.05, 4.69) is 4.98 Å². The van der Waals surface area contributed by atoms with Gasteiger partial charge in [0, 0.05) is 16.6 Å². The summed E-state index contributed by atoms with van der Waals surface area (Å²) in [6, 6.07) is -0.0380. The topological polar surface area (TPSA) is 58.9 Å². The lowest BCUT2D eigenvalue weighted by molar-refractivity contribution is 0.825. The Bertz CT molecular complexity index is 274. The fraction of sp³-hybridized carbons (Fsp3) is 0.500. The molecule has 0 aromatic carbocycles. The zero-order valence-corrected chi connectivity index (χ0v) is 6.79. The predicted octanol–water partition coefficient (Wildman–Crippen LogP) is 0.765. The largest absolute Gasteiger partial charge is 0.323 e. The van der Waals surface area contributed by atoms with Crippen LogP contribution in [0.4, 0.5) is 0 Å². The third kappa shape index (κ3) is 1.27. The zero-order chi connectivity index (χ0) is 7.72. The molecule has 3 nitrogen and oxygen atoms in total. The highest BCUT2D eigenvalue weighted by Gasteiger charge is 2.06. The molecule has 0 aliphatic heterocycles. The molecule has 0 spiro atoms. The summed E-state index contributed by atoms with van der Waals surface area (Å²) in [7, 11) is 0. The molecule has 0 saturated heterocycles. The Labute approximate surface area is 62.9 Å². The maximum atomic E-state index is 10.7. The molecule has 1 unspecified atom stereocenters. The molecule has 1 aromatic rings. The molecule has 0 saturated carbocycles. The molecule has 1 atom stereocenters. The Morgan fingerprint density at radius 3 is 2.50 bits per heavy atom. The van der Waals surface area contributed by atoms with Crippen molar-refractivity contribution >= 4 is 11.3 Å². The van der Waals surface area contributed by atoms with Crippen LogP contribution in [0.1, 0.15) is 23.5 Å². The third-order valence-corrected chi connectivity index (χ3v) is 2.46. The molecule has 0 amide bonds. The summed E-state index contributed by atoms with van der Waals surface area (Å²) in [6.07, 6.45) is 0. The van der Waals surface area contributed by atoms with Gasteiger partial charge in [-0.2, -0.15) is 0 Å². The first-order chi connectivity index (χ1) is 4.61. The van der Waals surface area contributed by atoms with Gasteiger partial charge in [0.05, 0.1) is 0 Å². The number of hydrogen-bond acceptors (Lipinski definition) is 3. The first kappa shape index (κ1) is 7.50. The van der Waals surface area contributed by atoms with Crippen LogP contribution in [0.25, 0.3) is 0 Å². The summed E-state index contributed by atoms with van der Waals surface area (Å²) in [5.74, 6) is 0. The molecule has 56 valence electrons. The van der Waals surface area contributed by atoms with E-state index < -0.39 is 0 Å². The van der Waals surface area contributed by atoms with Crippen LogP contribution in [0, 0.1) is 6.92 Å². The Morgan fingerprint density at radius 1 is 1.70 bits per heavy atom. The highest BCUT2D eigenvalue weighted by molar-refractivity contribution is 7.09. The molecule has 1 rings (SSSR count). The zero-order valence-electron chi connectivity index (χ0n) is 5.97. The van der Waals surface area contributed by atoms with Gasteiger partial charge >= 0.3 is 4.87 Å². The molecular weight excluding hydrogens is 148 g/mol. The van der Waals surface area contributed by atoms with E-state index in [0.717, 1.165) is 10.6 Å². The molecule has 1 aromatic heterocycles. The smallest absolute Gasteiger partial charge is 0.304 e. The van der Waals surface area contributed by atoms with Gasteiger partial charge in [0.15, 0.2) is 0 Å². The number of nitrogens with two attached hydrogens (primary N) is 1. The number of nitrogens with one attached hydrogen (secondary N) is 1. The first-order valence-electron chi connectivity index (χ1n) is 3.06. The molecule has 3 N–H and O–H groups in total. The highest BCUT2D eigenvalue weighted by atomic mass is 32.1. The molecule has 0 aliphatic rings. The SMILES string of the molecule is Cc1[nH]c(=O)sc1C(C)N. The van der Waals surface area contributed by atoms with Gasteiger partial charge in [0.25, 0.3) is 0 Å². The lowest BCUT2D eigenvalue weighted by Gasteiger charge is -1.99. The van der Waals surface area contributed by atoms with E-state index in [1.54, 1.807) is 0 Å². The monoisotopic (exact) mass is 158 g/mol. The fourth-order valence-electron chi connectivity index (χ4n) is 0.851. The molecule has 1 heterocycles. The number of aryl methyl sites for hydroxylation is 1.